The maximum atomic E-state index is 13.5. The Labute approximate surface area is 188 Å². The summed E-state index contributed by atoms with van der Waals surface area (Å²) < 4.78 is 38.5. The highest BCUT2D eigenvalue weighted by molar-refractivity contribution is 7.92. The molecule has 0 aromatic heterocycles. The molecule has 0 fully saturated rings. The maximum Gasteiger partial charge on any atom is 0.264 e. The third kappa shape index (κ3) is 5.39. The smallest absolute Gasteiger partial charge is 0.264 e. The predicted octanol–water partition coefficient (Wildman–Crippen LogP) is 3.52. The number of ether oxygens (including phenoxy) is 2. The molecule has 3 aromatic carbocycles. The van der Waals surface area contributed by atoms with Crippen LogP contribution in [-0.2, 0) is 21.4 Å². The number of carbonyl (C=O) groups excluding carboxylic acids is 1. The molecular formula is C24H26N2O5S. The Bertz CT molecular complexity index is 1160. The molecule has 8 heteroatoms. The fourth-order valence-electron chi connectivity index (χ4n) is 3.11. The van der Waals surface area contributed by atoms with Crippen molar-refractivity contribution in [3.05, 3.63) is 83.9 Å². The third-order valence-corrected chi connectivity index (χ3v) is 6.65. The zero-order valence-corrected chi connectivity index (χ0v) is 19.1. The van der Waals surface area contributed by atoms with Crippen LogP contribution < -0.4 is 19.1 Å². The molecule has 0 atom stereocenters. The zero-order chi connectivity index (χ0) is 23.1. The number of aryl methyl sites for hydroxylation is 1. The van der Waals surface area contributed by atoms with Gasteiger partial charge in [-0.1, -0.05) is 48.0 Å². The molecule has 0 radical (unpaired) electrons. The van der Waals surface area contributed by atoms with Crippen molar-refractivity contribution in [2.24, 2.45) is 0 Å². The van der Waals surface area contributed by atoms with Gasteiger partial charge in [-0.25, -0.2) is 8.42 Å². The van der Waals surface area contributed by atoms with E-state index in [-0.39, 0.29) is 17.2 Å². The summed E-state index contributed by atoms with van der Waals surface area (Å²) in [5, 5.41) is 2.79. The van der Waals surface area contributed by atoms with Crippen molar-refractivity contribution in [3.8, 4) is 11.5 Å². The molecule has 7 nitrogen and oxygen atoms in total. The molecule has 168 valence electrons. The summed E-state index contributed by atoms with van der Waals surface area (Å²) in [6.45, 7) is 1.92. The Balaban J connectivity index is 1.87. The van der Waals surface area contributed by atoms with Gasteiger partial charge in [0.25, 0.3) is 10.0 Å². The van der Waals surface area contributed by atoms with Gasteiger partial charge in [0, 0.05) is 12.6 Å². The molecule has 0 spiro atoms. The topological polar surface area (TPSA) is 84.9 Å². The van der Waals surface area contributed by atoms with Gasteiger partial charge < -0.3 is 14.8 Å². The quantitative estimate of drug-likeness (QED) is 0.535. The van der Waals surface area contributed by atoms with Crippen LogP contribution in [0, 0.1) is 6.92 Å². The van der Waals surface area contributed by atoms with Crippen LogP contribution in [0.2, 0.25) is 0 Å². The lowest BCUT2D eigenvalue weighted by atomic mass is 10.1. The van der Waals surface area contributed by atoms with Gasteiger partial charge in [0.15, 0.2) is 11.5 Å². The lowest BCUT2D eigenvalue weighted by Crippen LogP contribution is -2.40. The Hall–Kier alpha value is -3.52. The molecule has 0 aliphatic heterocycles. The summed E-state index contributed by atoms with van der Waals surface area (Å²) in [6, 6.07) is 20.6. The molecule has 0 unspecified atom stereocenters. The minimum absolute atomic E-state index is 0.00895. The van der Waals surface area contributed by atoms with E-state index >= 15 is 0 Å². The van der Waals surface area contributed by atoms with E-state index in [9.17, 15) is 13.2 Å². The van der Waals surface area contributed by atoms with E-state index in [1.165, 1.54) is 32.4 Å². The van der Waals surface area contributed by atoms with Crippen molar-refractivity contribution in [1.29, 1.82) is 0 Å². The van der Waals surface area contributed by atoms with E-state index in [0.29, 0.717) is 18.0 Å². The number of para-hydroxylation sites is 1. The number of methoxy groups -OCH3 is 2. The van der Waals surface area contributed by atoms with Crippen LogP contribution in [0.15, 0.2) is 77.7 Å². The number of rotatable bonds is 9. The zero-order valence-electron chi connectivity index (χ0n) is 18.2. The van der Waals surface area contributed by atoms with Crippen molar-refractivity contribution in [3.63, 3.8) is 0 Å². The van der Waals surface area contributed by atoms with Gasteiger partial charge >= 0.3 is 0 Å². The van der Waals surface area contributed by atoms with E-state index in [4.69, 9.17) is 9.47 Å². The molecule has 0 aliphatic rings. The lowest BCUT2D eigenvalue weighted by molar-refractivity contribution is -0.119. The van der Waals surface area contributed by atoms with Crippen molar-refractivity contribution >= 4 is 21.6 Å². The molecule has 1 N–H and O–H groups in total. The van der Waals surface area contributed by atoms with Gasteiger partial charge in [0.1, 0.15) is 6.54 Å². The van der Waals surface area contributed by atoms with Gasteiger partial charge in [-0.15, -0.1) is 0 Å². The minimum Gasteiger partial charge on any atom is -0.493 e. The number of nitrogens with zero attached hydrogens (tertiary/aromatic N) is 1. The summed E-state index contributed by atoms with van der Waals surface area (Å²) in [7, 11) is -1.15. The van der Waals surface area contributed by atoms with Gasteiger partial charge in [-0.05, 0) is 36.8 Å². The molecule has 32 heavy (non-hydrogen) atoms. The fraction of sp³-hybridized carbons (Fsp3) is 0.208. The SMILES string of the molecule is COc1ccc(S(=O)(=O)N(CC(=O)NCc2ccc(C)cc2)c2ccccc2)cc1OC. The molecule has 0 aliphatic carbocycles. The van der Waals surface area contributed by atoms with Crippen LogP contribution in [0.4, 0.5) is 5.69 Å². The molecule has 0 bridgehead atoms. The predicted molar refractivity (Wildman–Crippen MR) is 124 cm³/mol. The van der Waals surface area contributed by atoms with Crippen LogP contribution in [0.25, 0.3) is 0 Å². The first-order chi connectivity index (χ1) is 15.3. The number of sulfonamides is 1. The van der Waals surface area contributed by atoms with Gasteiger partial charge in [-0.3, -0.25) is 9.10 Å². The average Bonchev–Trinajstić information content (AvgIpc) is 2.82. The first-order valence-corrected chi connectivity index (χ1v) is 11.4. The Morgan fingerprint density at radius 2 is 1.56 bits per heavy atom. The summed E-state index contributed by atoms with van der Waals surface area (Å²) in [6.07, 6.45) is 0. The van der Waals surface area contributed by atoms with E-state index in [2.05, 4.69) is 5.32 Å². The van der Waals surface area contributed by atoms with Crippen molar-refractivity contribution in [2.45, 2.75) is 18.4 Å². The Morgan fingerprint density at radius 1 is 0.906 bits per heavy atom. The third-order valence-electron chi connectivity index (χ3n) is 4.88. The minimum atomic E-state index is -4.06. The fourth-order valence-corrected chi connectivity index (χ4v) is 4.54. The van der Waals surface area contributed by atoms with Gasteiger partial charge in [0.05, 0.1) is 24.8 Å². The summed E-state index contributed by atoms with van der Waals surface area (Å²) >= 11 is 0. The highest BCUT2D eigenvalue weighted by atomic mass is 32.2. The Kier molecular flexibility index (Phi) is 7.37. The molecule has 1 amide bonds. The average molecular weight is 455 g/mol. The number of benzene rings is 3. The van der Waals surface area contributed by atoms with E-state index < -0.39 is 15.9 Å². The number of nitrogens with one attached hydrogen (secondary N) is 1. The Morgan fingerprint density at radius 3 is 2.19 bits per heavy atom. The number of anilines is 1. The molecule has 0 saturated carbocycles. The van der Waals surface area contributed by atoms with E-state index in [1.54, 1.807) is 30.3 Å². The van der Waals surface area contributed by atoms with E-state index in [1.807, 2.05) is 31.2 Å². The highest BCUT2D eigenvalue weighted by Gasteiger charge is 2.28. The van der Waals surface area contributed by atoms with Crippen LogP contribution >= 0.6 is 0 Å². The second-order valence-electron chi connectivity index (χ2n) is 7.13. The second kappa shape index (κ2) is 10.2. The van der Waals surface area contributed by atoms with Crippen molar-refractivity contribution in [2.75, 3.05) is 25.1 Å². The lowest BCUT2D eigenvalue weighted by Gasteiger charge is -2.24. The van der Waals surface area contributed by atoms with Crippen molar-refractivity contribution < 1.29 is 22.7 Å². The highest BCUT2D eigenvalue weighted by Crippen LogP contribution is 2.32. The number of hydrogen-bond acceptors (Lipinski definition) is 5. The molecule has 0 heterocycles. The number of amides is 1. The monoisotopic (exact) mass is 454 g/mol. The number of carbonyl (C=O) groups is 1. The first-order valence-electron chi connectivity index (χ1n) is 9.97. The van der Waals surface area contributed by atoms with E-state index in [0.717, 1.165) is 15.4 Å². The second-order valence-corrected chi connectivity index (χ2v) is 8.99. The molecular weight excluding hydrogens is 428 g/mol. The molecule has 3 rings (SSSR count). The molecule has 0 saturated heterocycles. The summed E-state index contributed by atoms with van der Waals surface area (Å²) in [4.78, 5) is 12.7. The van der Waals surface area contributed by atoms with Crippen LogP contribution in [0.3, 0.4) is 0 Å². The molecule has 3 aromatic rings. The standard InChI is InChI=1S/C24H26N2O5S/c1-18-9-11-19(12-10-18)16-25-24(27)17-26(20-7-5-4-6-8-20)32(28,29)21-13-14-22(30-2)23(15-21)31-3/h4-15H,16-17H2,1-3H3,(H,25,27). The van der Waals surface area contributed by atoms with Crippen LogP contribution in [0.5, 0.6) is 11.5 Å². The normalized spacial score (nSPS) is 11.0. The van der Waals surface area contributed by atoms with Crippen LogP contribution in [0.1, 0.15) is 11.1 Å². The van der Waals surface area contributed by atoms with Crippen LogP contribution in [-0.4, -0.2) is 35.1 Å². The summed E-state index contributed by atoms with van der Waals surface area (Å²) in [5.74, 6) is 0.275. The maximum absolute atomic E-state index is 13.5. The van der Waals surface area contributed by atoms with Crippen molar-refractivity contribution in [1.82, 2.24) is 5.32 Å². The van der Waals surface area contributed by atoms with Gasteiger partial charge in [-0.2, -0.15) is 0 Å². The first kappa shape index (κ1) is 23.1. The number of hydrogen-bond donors (Lipinski definition) is 1. The summed E-state index contributed by atoms with van der Waals surface area (Å²) in [5.41, 5.74) is 2.43. The largest absolute Gasteiger partial charge is 0.493 e. The van der Waals surface area contributed by atoms with Gasteiger partial charge in [0.2, 0.25) is 5.91 Å².